The van der Waals surface area contributed by atoms with Gasteiger partial charge in [0.25, 0.3) is 17.5 Å². The summed E-state index contributed by atoms with van der Waals surface area (Å²) >= 11 is 1.63. The van der Waals surface area contributed by atoms with Gasteiger partial charge in [0, 0.05) is 27.0 Å². The van der Waals surface area contributed by atoms with Gasteiger partial charge in [-0.2, -0.15) is 0 Å². The molecule has 0 bridgehead atoms. The second-order valence-corrected chi connectivity index (χ2v) is 11.1. The van der Waals surface area contributed by atoms with Crippen molar-refractivity contribution >= 4 is 58.2 Å². The Balaban J connectivity index is 1.26. The third kappa shape index (κ3) is 4.75. The number of nitro groups is 1. The summed E-state index contributed by atoms with van der Waals surface area (Å²) in [5, 5.41) is 11.6. The summed E-state index contributed by atoms with van der Waals surface area (Å²) < 4.78 is 0. The van der Waals surface area contributed by atoms with Gasteiger partial charge < -0.3 is 0 Å². The second kappa shape index (κ2) is 11.1. The Morgan fingerprint density at radius 2 is 1.34 bits per heavy atom. The highest BCUT2D eigenvalue weighted by molar-refractivity contribution is 7.99. The Labute approximate surface area is 256 Å². The van der Waals surface area contributed by atoms with Crippen molar-refractivity contribution in [1.29, 1.82) is 0 Å². The van der Waals surface area contributed by atoms with Crippen molar-refractivity contribution in [2.24, 2.45) is 4.99 Å². The number of hydrogen-bond donors (Lipinski definition) is 0. The lowest BCUT2D eigenvalue weighted by Crippen LogP contribution is -2.33. The van der Waals surface area contributed by atoms with Gasteiger partial charge >= 0.3 is 0 Å². The quantitative estimate of drug-likeness (QED) is 0.117. The number of fused-ring (bicyclic) bond motifs is 2. The fraction of sp³-hybridized carbons (Fsp3) is 0. The van der Waals surface area contributed by atoms with Gasteiger partial charge in [0.2, 0.25) is 0 Å². The van der Waals surface area contributed by atoms with E-state index in [0.29, 0.717) is 22.6 Å². The highest BCUT2D eigenvalue weighted by Crippen LogP contribution is 2.48. The van der Waals surface area contributed by atoms with Gasteiger partial charge in [0.05, 0.1) is 27.5 Å². The van der Waals surface area contributed by atoms with E-state index in [1.54, 1.807) is 59.1 Å². The Kier molecular flexibility index (Phi) is 6.84. The van der Waals surface area contributed by atoms with E-state index in [2.05, 4.69) is 4.99 Å². The molecule has 2 amide bonds. The second-order valence-electron chi connectivity index (χ2n) is 10.0. The van der Waals surface area contributed by atoms with Crippen LogP contribution in [-0.4, -0.2) is 22.6 Å². The summed E-state index contributed by atoms with van der Waals surface area (Å²) in [6, 6.07) is 37.9. The van der Waals surface area contributed by atoms with E-state index in [1.165, 1.54) is 17.0 Å². The van der Waals surface area contributed by atoms with E-state index in [0.717, 1.165) is 21.2 Å². The number of carbonyl (C=O) groups excluding carboxylic acids is 2. The number of amides is 2. The van der Waals surface area contributed by atoms with Crippen LogP contribution in [0.25, 0.3) is 6.08 Å². The molecule has 44 heavy (non-hydrogen) atoms. The largest absolute Gasteiger partial charge is 0.282 e. The maximum absolute atomic E-state index is 14.0. The minimum Gasteiger partial charge on any atom is -0.275 e. The summed E-state index contributed by atoms with van der Waals surface area (Å²) in [5.74, 6) is -0.245. The van der Waals surface area contributed by atoms with Crippen LogP contribution in [0.2, 0.25) is 0 Å². The third-order valence-corrected chi connectivity index (χ3v) is 8.46. The van der Waals surface area contributed by atoms with Crippen LogP contribution >= 0.6 is 11.8 Å². The maximum atomic E-state index is 14.0. The van der Waals surface area contributed by atoms with Crippen LogP contribution in [0.5, 0.6) is 0 Å². The van der Waals surface area contributed by atoms with Gasteiger partial charge in [0.1, 0.15) is 11.5 Å². The van der Waals surface area contributed by atoms with Crippen LogP contribution in [0.3, 0.4) is 0 Å². The average Bonchev–Trinajstić information content (AvgIpc) is 3.39. The Morgan fingerprint density at radius 1 is 0.750 bits per heavy atom. The highest BCUT2D eigenvalue weighted by atomic mass is 32.2. The molecule has 0 N–H and O–H groups in total. The van der Waals surface area contributed by atoms with Crippen molar-refractivity contribution in [3.8, 4) is 0 Å². The van der Waals surface area contributed by atoms with Crippen molar-refractivity contribution in [3.63, 3.8) is 0 Å². The summed E-state index contributed by atoms with van der Waals surface area (Å²) in [6.07, 6.45) is 1.44. The molecular formula is C35H22N4O4S. The predicted molar refractivity (Wildman–Crippen MR) is 171 cm³/mol. The fourth-order valence-electron chi connectivity index (χ4n) is 5.27. The Morgan fingerprint density at radius 3 is 2.00 bits per heavy atom. The molecule has 2 aliphatic heterocycles. The number of amidine groups is 1. The fourth-order valence-corrected chi connectivity index (χ4v) is 6.32. The zero-order chi connectivity index (χ0) is 30.2. The number of aliphatic imine (C=N–C) groups is 1. The molecule has 5 aromatic carbocycles. The molecule has 0 aromatic heterocycles. The summed E-state index contributed by atoms with van der Waals surface area (Å²) in [7, 11) is 0. The minimum absolute atomic E-state index is 0.0670. The number of hydrogen-bond acceptors (Lipinski definition) is 6. The number of nitro benzene ring substituents is 1. The Hall–Kier alpha value is -5.80. The molecular weight excluding hydrogens is 572 g/mol. The molecule has 2 aliphatic rings. The number of carbonyl (C=O) groups is 2. The highest BCUT2D eigenvalue weighted by Gasteiger charge is 2.34. The zero-order valence-electron chi connectivity index (χ0n) is 23.0. The molecule has 0 fully saturated rings. The number of nitrogens with zero attached hydrogens (tertiary/aromatic N) is 4. The molecule has 5 aromatic rings. The van der Waals surface area contributed by atoms with Crippen LogP contribution in [0.15, 0.2) is 148 Å². The smallest absolute Gasteiger partial charge is 0.275 e. The molecule has 0 saturated carbocycles. The first-order chi connectivity index (χ1) is 21.5. The molecule has 2 heterocycles. The van der Waals surface area contributed by atoms with Gasteiger partial charge in [-0.3, -0.25) is 29.5 Å². The van der Waals surface area contributed by atoms with Crippen LogP contribution < -0.4 is 9.80 Å². The lowest BCUT2D eigenvalue weighted by Gasteiger charge is -2.31. The summed E-state index contributed by atoms with van der Waals surface area (Å²) in [4.78, 5) is 48.7. The number of anilines is 3. The van der Waals surface area contributed by atoms with Crippen molar-refractivity contribution in [3.05, 3.63) is 160 Å². The van der Waals surface area contributed by atoms with E-state index in [9.17, 15) is 19.7 Å². The monoisotopic (exact) mass is 594 g/mol. The number of rotatable bonds is 5. The first-order valence-electron chi connectivity index (χ1n) is 13.7. The molecule has 0 unspecified atom stereocenters. The topological polar surface area (TPSA) is 96.1 Å². The van der Waals surface area contributed by atoms with E-state index in [1.807, 2.05) is 78.9 Å². The van der Waals surface area contributed by atoms with Crippen LogP contribution in [0.1, 0.15) is 21.5 Å². The van der Waals surface area contributed by atoms with Gasteiger partial charge in [-0.25, -0.2) is 4.99 Å². The van der Waals surface area contributed by atoms with E-state index in [-0.39, 0.29) is 22.9 Å². The lowest BCUT2D eigenvalue weighted by molar-refractivity contribution is -0.385. The van der Waals surface area contributed by atoms with E-state index < -0.39 is 10.8 Å². The molecule has 0 atom stereocenters. The molecule has 0 saturated heterocycles. The molecule has 0 radical (unpaired) electrons. The summed E-state index contributed by atoms with van der Waals surface area (Å²) in [5.41, 5.74) is 3.50. The van der Waals surface area contributed by atoms with Crippen LogP contribution in [0, 0.1) is 10.1 Å². The zero-order valence-corrected chi connectivity index (χ0v) is 23.8. The van der Waals surface area contributed by atoms with Crippen molar-refractivity contribution in [2.75, 3.05) is 9.80 Å². The van der Waals surface area contributed by atoms with Gasteiger partial charge in [0.15, 0.2) is 0 Å². The minimum atomic E-state index is -0.487. The maximum Gasteiger partial charge on any atom is 0.282 e. The van der Waals surface area contributed by atoms with Gasteiger partial charge in [-0.15, -0.1) is 0 Å². The summed E-state index contributed by atoms with van der Waals surface area (Å²) in [6.45, 7) is 0. The molecule has 7 rings (SSSR count). The Bertz CT molecular complexity index is 1980. The molecule has 212 valence electrons. The van der Waals surface area contributed by atoms with Crippen molar-refractivity contribution in [1.82, 2.24) is 0 Å². The third-order valence-electron chi connectivity index (χ3n) is 7.33. The van der Waals surface area contributed by atoms with E-state index in [4.69, 9.17) is 0 Å². The SMILES string of the molecule is O=C1C(=Cc2ccccc2[N+](=O)[O-])N=C(c2ccccc2)N1c1ccc(C(=O)N2c3ccccc3Sc3ccccc32)cc1. The average molecular weight is 595 g/mol. The predicted octanol–water partition coefficient (Wildman–Crippen LogP) is 7.87. The lowest BCUT2D eigenvalue weighted by atomic mass is 10.1. The van der Waals surface area contributed by atoms with E-state index >= 15 is 0 Å². The standard InChI is InChI=1S/C35H22N4O4S/c40-34(38-29-14-6-8-16-31(29)44-32-17-9-7-15-30(32)38)24-18-20-26(21-19-24)37-33(23-10-2-1-3-11-23)36-27(35(37)41)22-25-12-4-5-13-28(25)39(42)43/h1-22H. The molecule has 9 heteroatoms. The van der Waals surface area contributed by atoms with Crippen LogP contribution in [-0.2, 0) is 4.79 Å². The number of benzene rings is 5. The van der Waals surface area contributed by atoms with Crippen LogP contribution in [0.4, 0.5) is 22.7 Å². The molecule has 8 nitrogen and oxygen atoms in total. The first-order valence-corrected chi connectivity index (χ1v) is 14.6. The van der Waals surface area contributed by atoms with Crippen molar-refractivity contribution < 1.29 is 14.5 Å². The van der Waals surface area contributed by atoms with Gasteiger partial charge in [-0.1, -0.05) is 78.5 Å². The van der Waals surface area contributed by atoms with Gasteiger partial charge in [-0.05, 0) is 60.7 Å². The van der Waals surface area contributed by atoms with Crippen molar-refractivity contribution in [2.45, 2.75) is 9.79 Å². The molecule has 0 aliphatic carbocycles. The first kappa shape index (κ1) is 27.1. The normalized spacial score (nSPS) is 14.7. The molecule has 0 spiro atoms. The number of para-hydroxylation sites is 3.